The summed E-state index contributed by atoms with van der Waals surface area (Å²) < 4.78 is 8.41. The van der Waals surface area contributed by atoms with Gasteiger partial charge in [0.2, 0.25) is 5.91 Å². The highest BCUT2D eigenvalue weighted by Gasteiger charge is 2.25. The van der Waals surface area contributed by atoms with E-state index in [-0.39, 0.29) is 12.0 Å². The molecule has 1 N–H and O–H groups in total. The van der Waals surface area contributed by atoms with Crippen molar-refractivity contribution in [2.24, 2.45) is 5.92 Å². The summed E-state index contributed by atoms with van der Waals surface area (Å²) in [5, 5.41) is 2.78. The summed E-state index contributed by atoms with van der Waals surface area (Å²) >= 11 is 0. The maximum Gasteiger partial charge on any atom is 0.221 e. The van der Waals surface area contributed by atoms with E-state index in [0.717, 1.165) is 18.0 Å². The van der Waals surface area contributed by atoms with Crippen molar-refractivity contribution in [1.29, 1.82) is 0 Å². The standard InChI is InChI=1S/C19H25N3O2/c1-15(23)21-17-7-9-18(10-8-17)24-19(13-22-12-11-20-14-22)16-5-3-2-4-6-16/h7-12,14,16,19H,2-6,13H2,1H3,(H,21,23). The van der Waals surface area contributed by atoms with Crippen LogP contribution in [0.2, 0.25) is 0 Å². The van der Waals surface area contributed by atoms with Crippen LogP contribution in [0.25, 0.3) is 0 Å². The molecule has 0 saturated heterocycles. The van der Waals surface area contributed by atoms with E-state index in [4.69, 9.17) is 4.74 Å². The molecule has 1 aliphatic carbocycles. The predicted octanol–water partition coefficient (Wildman–Crippen LogP) is 3.87. The number of carbonyl (C=O) groups is 1. The van der Waals surface area contributed by atoms with E-state index in [0.29, 0.717) is 5.92 Å². The summed E-state index contributed by atoms with van der Waals surface area (Å²) in [5.74, 6) is 1.36. The Labute approximate surface area is 143 Å². The molecule has 0 bridgehead atoms. The molecule has 0 radical (unpaired) electrons. The number of aromatic nitrogens is 2. The molecule has 0 spiro atoms. The van der Waals surface area contributed by atoms with Crippen LogP contribution in [0.15, 0.2) is 43.0 Å². The Morgan fingerprint density at radius 3 is 2.67 bits per heavy atom. The monoisotopic (exact) mass is 327 g/mol. The van der Waals surface area contributed by atoms with Crippen LogP contribution in [0.3, 0.4) is 0 Å². The Hall–Kier alpha value is -2.30. The van der Waals surface area contributed by atoms with Crippen LogP contribution in [-0.4, -0.2) is 21.6 Å². The smallest absolute Gasteiger partial charge is 0.221 e. The number of amides is 1. The van der Waals surface area contributed by atoms with Gasteiger partial charge >= 0.3 is 0 Å². The lowest BCUT2D eigenvalue weighted by molar-refractivity contribution is -0.114. The van der Waals surface area contributed by atoms with E-state index in [9.17, 15) is 4.79 Å². The predicted molar refractivity (Wildman–Crippen MR) is 94.0 cm³/mol. The van der Waals surface area contributed by atoms with Gasteiger partial charge in [-0.05, 0) is 43.0 Å². The fraction of sp³-hybridized carbons (Fsp3) is 0.474. The van der Waals surface area contributed by atoms with Crippen molar-refractivity contribution in [3.05, 3.63) is 43.0 Å². The summed E-state index contributed by atoms with van der Waals surface area (Å²) in [6.45, 7) is 2.33. The molecule has 1 heterocycles. The van der Waals surface area contributed by atoms with Crippen molar-refractivity contribution in [3.63, 3.8) is 0 Å². The van der Waals surface area contributed by atoms with E-state index in [1.165, 1.54) is 39.0 Å². The normalized spacial score (nSPS) is 16.5. The third-order valence-corrected chi connectivity index (χ3v) is 4.59. The first-order chi connectivity index (χ1) is 11.7. The molecule has 24 heavy (non-hydrogen) atoms. The molecule has 3 rings (SSSR count). The number of rotatable bonds is 6. The Kier molecular flexibility index (Phi) is 5.51. The first-order valence-electron chi connectivity index (χ1n) is 8.71. The molecule has 128 valence electrons. The zero-order valence-electron chi connectivity index (χ0n) is 14.1. The molecule has 1 aliphatic rings. The molecule has 1 unspecified atom stereocenters. The van der Waals surface area contributed by atoms with E-state index in [2.05, 4.69) is 14.9 Å². The second-order valence-electron chi connectivity index (χ2n) is 6.52. The van der Waals surface area contributed by atoms with Gasteiger partial charge in [0.15, 0.2) is 0 Å². The van der Waals surface area contributed by atoms with Gasteiger partial charge in [-0.25, -0.2) is 4.98 Å². The fourth-order valence-electron chi connectivity index (χ4n) is 3.39. The Morgan fingerprint density at radius 1 is 1.29 bits per heavy atom. The molecule has 1 aromatic heterocycles. The summed E-state index contributed by atoms with van der Waals surface area (Å²) in [6.07, 6.45) is 12.1. The number of carbonyl (C=O) groups excluding carboxylic acids is 1. The Balaban J connectivity index is 1.69. The third kappa shape index (κ3) is 4.60. The molecule has 5 heteroatoms. The zero-order valence-corrected chi connectivity index (χ0v) is 14.1. The minimum absolute atomic E-state index is 0.0659. The molecule has 5 nitrogen and oxygen atoms in total. The van der Waals surface area contributed by atoms with Gasteiger partial charge in [0, 0.05) is 25.0 Å². The van der Waals surface area contributed by atoms with Crippen LogP contribution in [-0.2, 0) is 11.3 Å². The minimum Gasteiger partial charge on any atom is -0.488 e. The van der Waals surface area contributed by atoms with E-state index in [1.807, 2.05) is 36.8 Å². The van der Waals surface area contributed by atoms with Crippen molar-refractivity contribution in [2.75, 3.05) is 5.32 Å². The molecule has 1 atom stereocenters. The van der Waals surface area contributed by atoms with Crippen molar-refractivity contribution in [1.82, 2.24) is 9.55 Å². The van der Waals surface area contributed by atoms with Crippen LogP contribution in [0.1, 0.15) is 39.0 Å². The molecule has 1 saturated carbocycles. The number of benzene rings is 1. The molecule has 2 aromatic rings. The lowest BCUT2D eigenvalue weighted by Gasteiger charge is -2.31. The highest BCUT2D eigenvalue weighted by molar-refractivity contribution is 5.88. The van der Waals surface area contributed by atoms with Crippen molar-refractivity contribution >= 4 is 11.6 Å². The van der Waals surface area contributed by atoms with Gasteiger partial charge in [-0.3, -0.25) is 4.79 Å². The fourth-order valence-corrected chi connectivity index (χ4v) is 3.39. The third-order valence-electron chi connectivity index (χ3n) is 4.59. The number of imidazole rings is 1. The van der Waals surface area contributed by atoms with Gasteiger partial charge in [0.1, 0.15) is 11.9 Å². The number of anilines is 1. The summed E-state index contributed by atoms with van der Waals surface area (Å²) in [6, 6.07) is 7.61. The SMILES string of the molecule is CC(=O)Nc1ccc(OC(Cn2ccnc2)C2CCCCC2)cc1. The van der Waals surface area contributed by atoms with Crippen molar-refractivity contribution < 1.29 is 9.53 Å². The number of hydrogen-bond acceptors (Lipinski definition) is 3. The second-order valence-corrected chi connectivity index (χ2v) is 6.52. The van der Waals surface area contributed by atoms with Crippen LogP contribution in [0, 0.1) is 5.92 Å². The number of nitrogens with zero attached hydrogens (tertiary/aromatic N) is 2. The maximum atomic E-state index is 11.1. The average molecular weight is 327 g/mol. The topological polar surface area (TPSA) is 56.1 Å². The average Bonchev–Trinajstić information content (AvgIpc) is 3.09. The molecule has 1 fully saturated rings. The van der Waals surface area contributed by atoms with E-state index < -0.39 is 0 Å². The highest BCUT2D eigenvalue weighted by atomic mass is 16.5. The largest absolute Gasteiger partial charge is 0.488 e. The summed E-state index contributed by atoms with van der Waals surface area (Å²) in [5.41, 5.74) is 0.790. The highest BCUT2D eigenvalue weighted by Crippen LogP contribution is 2.30. The summed E-state index contributed by atoms with van der Waals surface area (Å²) in [4.78, 5) is 15.2. The molecule has 1 aromatic carbocycles. The van der Waals surface area contributed by atoms with Crippen LogP contribution < -0.4 is 10.1 Å². The molecule has 0 aliphatic heterocycles. The Morgan fingerprint density at radius 2 is 2.04 bits per heavy atom. The number of nitrogens with one attached hydrogen (secondary N) is 1. The van der Waals surface area contributed by atoms with Gasteiger partial charge in [-0.1, -0.05) is 19.3 Å². The van der Waals surface area contributed by atoms with E-state index in [1.54, 1.807) is 6.20 Å². The molecular formula is C19H25N3O2. The summed E-state index contributed by atoms with van der Waals surface area (Å²) in [7, 11) is 0. The van der Waals surface area contributed by atoms with Gasteiger partial charge in [0.05, 0.1) is 12.9 Å². The first-order valence-corrected chi connectivity index (χ1v) is 8.71. The molecular weight excluding hydrogens is 302 g/mol. The lowest BCUT2D eigenvalue weighted by atomic mass is 9.85. The molecule has 1 amide bonds. The maximum absolute atomic E-state index is 11.1. The van der Waals surface area contributed by atoms with Gasteiger partial charge < -0.3 is 14.6 Å². The van der Waals surface area contributed by atoms with Crippen LogP contribution in [0.4, 0.5) is 5.69 Å². The second kappa shape index (κ2) is 7.99. The van der Waals surface area contributed by atoms with Crippen molar-refractivity contribution in [2.45, 2.75) is 51.7 Å². The van der Waals surface area contributed by atoms with Gasteiger partial charge in [-0.2, -0.15) is 0 Å². The number of ether oxygens (including phenoxy) is 1. The minimum atomic E-state index is -0.0659. The Bertz CT molecular complexity index is 631. The lowest BCUT2D eigenvalue weighted by Crippen LogP contribution is -2.32. The van der Waals surface area contributed by atoms with Gasteiger partial charge in [-0.15, -0.1) is 0 Å². The van der Waals surface area contributed by atoms with Gasteiger partial charge in [0.25, 0.3) is 0 Å². The van der Waals surface area contributed by atoms with Crippen LogP contribution in [0.5, 0.6) is 5.75 Å². The van der Waals surface area contributed by atoms with Crippen LogP contribution >= 0.6 is 0 Å². The quantitative estimate of drug-likeness (QED) is 0.876. The van der Waals surface area contributed by atoms with E-state index >= 15 is 0 Å². The van der Waals surface area contributed by atoms with Crippen molar-refractivity contribution in [3.8, 4) is 5.75 Å². The zero-order chi connectivity index (χ0) is 16.8. The first kappa shape index (κ1) is 16.6. The number of hydrogen-bond donors (Lipinski definition) is 1.